The topological polar surface area (TPSA) is 117 Å². The van der Waals surface area contributed by atoms with E-state index in [9.17, 15) is 19.5 Å². The van der Waals surface area contributed by atoms with Crippen LogP contribution in [0.5, 0.6) is 0 Å². The number of nitrogens with one attached hydrogen (secondary N) is 3. The third-order valence-corrected chi connectivity index (χ3v) is 6.62. The Morgan fingerprint density at radius 3 is 2.03 bits per heavy atom. The number of rotatable bonds is 12. The van der Waals surface area contributed by atoms with Crippen LogP contribution in [0.25, 0.3) is 0 Å². The van der Waals surface area contributed by atoms with E-state index >= 15 is 0 Å². The molecule has 1 aromatic rings. The van der Waals surface area contributed by atoms with Crippen LogP contribution in [-0.4, -0.2) is 63.3 Å². The van der Waals surface area contributed by atoms with E-state index in [1.54, 1.807) is 39.5 Å². The van der Waals surface area contributed by atoms with Crippen LogP contribution >= 0.6 is 11.8 Å². The van der Waals surface area contributed by atoms with E-state index in [1.165, 1.54) is 0 Å². The summed E-state index contributed by atoms with van der Waals surface area (Å²) in [5.41, 5.74) is 0.134. The molecule has 3 amide bonds. The van der Waals surface area contributed by atoms with E-state index in [1.807, 2.05) is 44.2 Å². The zero-order chi connectivity index (χ0) is 28.4. The maximum absolute atomic E-state index is 13.2. The third kappa shape index (κ3) is 14.3. The average Bonchev–Trinajstić information content (AvgIpc) is 2.75. The molecule has 1 rings (SSSR count). The van der Waals surface area contributed by atoms with Gasteiger partial charge in [-0.2, -0.15) is 11.8 Å². The molecule has 0 heterocycles. The lowest BCUT2D eigenvalue weighted by atomic mass is 9.99. The number of carbonyl (C=O) groups is 3. The Labute approximate surface area is 227 Å². The molecule has 37 heavy (non-hydrogen) atoms. The van der Waals surface area contributed by atoms with Gasteiger partial charge in [0.1, 0.15) is 17.7 Å². The number of hydrogen-bond donors (Lipinski definition) is 4. The van der Waals surface area contributed by atoms with E-state index in [2.05, 4.69) is 36.7 Å². The Bertz CT molecular complexity index is 865. The molecule has 210 valence electrons. The smallest absolute Gasteiger partial charge is 0.408 e. The molecule has 0 bridgehead atoms. The first-order valence-corrected chi connectivity index (χ1v) is 13.9. The number of aliphatic hydroxyl groups excluding tert-OH is 1. The molecule has 4 N–H and O–H groups in total. The van der Waals surface area contributed by atoms with Gasteiger partial charge < -0.3 is 25.8 Å². The van der Waals surface area contributed by atoms with Gasteiger partial charge in [0.05, 0.1) is 12.1 Å². The van der Waals surface area contributed by atoms with Gasteiger partial charge >= 0.3 is 6.09 Å². The van der Waals surface area contributed by atoms with E-state index in [-0.39, 0.29) is 17.1 Å². The summed E-state index contributed by atoms with van der Waals surface area (Å²) in [7, 11) is 0. The molecule has 0 unspecified atom stereocenters. The van der Waals surface area contributed by atoms with Crippen molar-refractivity contribution in [1.82, 2.24) is 16.0 Å². The van der Waals surface area contributed by atoms with Gasteiger partial charge in [0.15, 0.2) is 0 Å². The molecule has 0 aromatic heterocycles. The van der Waals surface area contributed by atoms with Crippen molar-refractivity contribution in [3.8, 4) is 0 Å². The number of alkyl carbamates (subject to hydrolysis) is 1. The van der Waals surface area contributed by atoms with Crippen molar-refractivity contribution in [3.63, 3.8) is 0 Å². The summed E-state index contributed by atoms with van der Waals surface area (Å²) < 4.78 is 5.32. The third-order valence-electron chi connectivity index (χ3n) is 5.25. The Morgan fingerprint density at radius 1 is 0.919 bits per heavy atom. The SMILES string of the molecule is CC(C)C[C@@H](NC(=O)[C@H](C)NC(=O)[C@H](Cc1ccccc1)NC(=O)OC(C)(C)C)[C@H](O)CSC(C)(C)C. The summed E-state index contributed by atoms with van der Waals surface area (Å²) in [6, 6.07) is 7.05. The van der Waals surface area contributed by atoms with Gasteiger partial charge in [0, 0.05) is 16.9 Å². The summed E-state index contributed by atoms with van der Waals surface area (Å²) in [5, 5.41) is 19.1. The normalized spacial score (nSPS) is 15.3. The molecule has 0 fully saturated rings. The fourth-order valence-electron chi connectivity index (χ4n) is 3.47. The van der Waals surface area contributed by atoms with Crippen LogP contribution in [0.3, 0.4) is 0 Å². The van der Waals surface area contributed by atoms with Crippen molar-refractivity contribution in [3.05, 3.63) is 35.9 Å². The number of aliphatic hydroxyl groups is 1. The van der Waals surface area contributed by atoms with E-state index in [0.717, 1.165) is 5.56 Å². The standard InChI is InChI=1S/C28H47N3O5S/c1-18(2)15-21(23(32)17-37-28(7,8)9)30-24(33)19(3)29-25(34)22(16-20-13-11-10-12-14-20)31-26(35)36-27(4,5)6/h10-14,18-19,21-23,32H,15-17H2,1-9H3,(H,29,34)(H,30,33)(H,31,35)/t19-,21+,22-,23+/m0/s1. The Morgan fingerprint density at radius 2 is 1.51 bits per heavy atom. The lowest BCUT2D eigenvalue weighted by Gasteiger charge is -2.29. The zero-order valence-corrected chi connectivity index (χ0v) is 24.7. The highest BCUT2D eigenvalue weighted by molar-refractivity contribution is 8.00. The van der Waals surface area contributed by atoms with Crippen LogP contribution < -0.4 is 16.0 Å². The molecule has 1 aromatic carbocycles. The summed E-state index contributed by atoms with van der Waals surface area (Å²) in [6.07, 6.45) is -0.594. The molecule has 0 radical (unpaired) electrons. The van der Waals surface area contributed by atoms with Crippen molar-refractivity contribution in [2.24, 2.45) is 5.92 Å². The molecule has 0 aliphatic carbocycles. The molecular weight excluding hydrogens is 490 g/mol. The van der Waals surface area contributed by atoms with E-state index in [4.69, 9.17) is 4.74 Å². The molecule has 0 saturated carbocycles. The Kier molecular flexibility index (Phi) is 12.9. The van der Waals surface area contributed by atoms with Crippen molar-refractivity contribution in [2.75, 3.05) is 5.75 Å². The molecule has 9 heteroatoms. The van der Waals surface area contributed by atoms with Crippen LogP contribution in [0.1, 0.15) is 74.3 Å². The molecule has 0 aliphatic heterocycles. The maximum atomic E-state index is 13.2. The second-order valence-electron chi connectivity index (χ2n) is 11.9. The average molecular weight is 538 g/mol. The van der Waals surface area contributed by atoms with Crippen molar-refractivity contribution in [1.29, 1.82) is 0 Å². The van der Waals surface area contributed by atoms with E-state index in [0.29, 0.717) is 12.2 Å². The number of thioether (sulfide) groups is 1. The molecular formula is C28H47N3O5S. The summed E-state index contributed by atoms with van der Waals surface area (Å²) in [6.45, 7) is 17.1. The summed E-state index contributed by atoms with van der Waals surface area (Å²) >= 11 is 1.63. The maximum Gasteiger partial charge on any atom is 0.408 e. The summed E-state index contributed by atoms with van der Waals surface area (Å²) in [4.78, 5) is 38.6. The number of amides is 3. The predicted octanol–water partition coefficient (Wildman–Crippen LogP) is 4.05. The largest absolute Gasteiger partial charge is 0.444 e. The number of benzene rings is 1. The monoisotopic (exact) mass is 537 g/mol. The zero-order valence-electron chi connectivity index (χ0n) is 23.9. The predicted molar refractivity (Wildman–Crippen MR) is 151 cm³/mol. The molecule has 4 atom stereocenters. The van der Waals surface area contributed by atoms with Crippen molar-refractivity contribution >= 4 is 29.7 Å². The van der Waals surface area contributed by atoms with Gasteiger partial charge in [0.2, 0.25) is 11.8 Å². The van der Waals surface area contributed by atoms with Crippen molar-refractivity contribution < 1.29 is 24.2 Å². The molecule has 0 saturated heterocycles. The highest BCUT2D eigenvalue weighted by atomic mass is 32.2. The Balaban J connectivity index is 2.90. The number of hydrogen-bond acceptors (Lipinski definition) is 6. The van der Waals surface area contributed by atoms with Gasteiger partial charge in [-0.15, -0.1) is 0 Å². The second kappa shape index (κ2) is 14.6. The van der Waals surface area contributed by atoms with Crippen LogP contribution in [0.15, 0.2) is 30.3 Å². The van der Waals surface area contributed by atoms with Gasteiger partial charge in [-0.25, -0.2) is 4.79 Å². The number of carbonyl (C=O) groups excluding carboxylic acids is 3. The highest BCUT2D eigenvalue weighted by Crippen LogP contribution is 2.25. The fraction of sp³-hybridized carbons (Fsp3) is 0.679. The number of ether oxygens (including phenoxy) is 1. The first kappa shape index (κ1) is 32.8. The second-order valence-corrected chi connectivity index (χ2v) is 13.7. The minimum atomic E-state index is -0.937. The van der Waals surface area contributed by atoms with Gasteiger partial charge in [-0.3, -0.25) is 9.59 Å². The van der Waals surface area contributed by atoms with Crippen LogP contribution in [0.4, 0.5) is 4.79 Å². The molecule has 8 nitrogen and oxygen atoms in total. The van der Waals surface area contributed by atoms with Crippen molar-refractivity contribution in [2.45, 2.75) is 110 Å². The van der Waals surface area contributed by atoms with Crippen LogP contribution in [0.2, 0.25) is 0 Å². The summed E-state index contributed by atoms with van der Waals surface area (Å²) in [5.74, 6) is -0.144. The molecule has 0 aliphatic rings. The minimum absolute atomic E-state index is 0.0104. The first-order chi connectivity index (χ1) is 17.0. The van der Waals surface area contributed by atoms with Gasteiger partial charge in [-0.05, 0) is 45.6 Å². The first-order valence-electron chi connectivity index (χ1n) is 12.9. The molecule has 0 spiro atoms. The lowest BCUT2D eigenvalue weighted by Crippen LogP contribution is -2.56. The quantitative estimate of drug-likeness (QED) is 0.320. The van der Waals surface area contributed by atoms with Gasteiger partial charge in [0.25, 0.3) is 0 Å². The Hall–Kier alpha value is -2.26. The highest BCUT2D eigenvalue weighted by Gasteiger charge is 2.29. The fourth-order valence-corrected chi connectivity index (χ4v) is 4.37. The minimum Gasteiger partial charge on any atom is -0.444 e. The van der Waals surface area contributed by atoms with Crippen LogP contribution in [-0.2, 0) is 20.7 Å². The van der Waals surface area contributed by atoms with Crippen LogP contribution in [0, 0.1) is 5.92 Å². The van der Waals surface area contributed by atoms with E-state index < -0.39 is 47.7 Å². The van der Waals surface area contributed by atoms with Gasteiger partial charge in [-0.1, -0.05) is 65.0 Å². The lowest BCUT2D eigenvalue weighted by molar-refractivity contribution is -0.130.